The van der Waals surface area contributed by atoms with E-state index in [0.29, 0.717) is 24.1 Å². The molecule has 1 aromatic carbocycles. The van der Waals surface area contributed by atoms with Gasteiger partial charge >= 0.3 is 0 Å². The van der Waals surface area contributed by atoms with E-state index in [0.717, 1.165) is 31.4 Å². The van der Waals surface area contributed by atoms with E-state index >= 15 is 0 Å². The van der Waals surface area contributed by atoms with Gasteiger partial charge in [-0.25, -0.2) is 13.8 Å². The maximum Gasteiger partial charge on any atom is 0.259 e. The van der Waals surface area contributed by atoms with Crippen molar-refractivity contribution in [1.29, 1.82) is 0 Å². The van der Waals surface area contributed by atoms with Gasteiger partial charge in [-0.3, -0.25) is 9.59 Å². The molecule has 26 heavy (non-hydrogen) atoms. The summed E-state index contributed by atoms with van der Waals surface area (Å²) in [5.41, 5.74) is 0.212. The van der Waals surface area contributed by atoms with E-state index in [-0.39, 0.29) is 22.4 Å². The van der Waals surface area contributed by atoms with Gasteiger partial charge in [0.05, 0.1) is 10.9 Å². The second kappa shape index (κ2) is 6.16. The van der Waals surface area contributed by atoms with Crippen LogP contribution in [0.2, 0.25) is 0 Å². The van der Waals surface area contributed by atoms with Crippen molar-refractivity contribution < 1.29 is 13.6 Å². The molecule has 0 atom stereocenters. The van der Waals surface area contributed by atoms with Crippen LogP contribution in [0.3, 0.4) is 0 Å². The van der Waals surface area contributed by atoms with E-state index < -0.39 is 17.1 Å². The molecule has 5 nitrogen and oxygen atoms in total. The molecule has 7 heteroatoms. The molecule has 0 radical (unpaired) electrons. The third-order valence-electron chi connectivity index (χ3n) is 4.86. The predicted molar refractivity (Wildman–Crippen MR) is 94.2 cm³/mol. The summed E-state index contributed by atoms with van der Waals surface area (Å²) < 4.78 is 28.6. The second-order valence-corrected chi connectivity index (χ2v) is 6.65. The number of hydrogen-bond donors (Lipinski definition) is 0. The number of aryl methyl sites for hydroxylation is 1. The number of carbonyl (C=O) groups excluding carboxylic acids is 1. The maximum absolute atomic E-state index is 13.5. The van der Waals surface area contributed by atoms with Crippen molar-refractivity contribution in [3.63, 3.8) is 0 Å². The summed E-state index contributed by atoms with van der Waals surface area (Å²) in [6.45, 7) is 1.28. The molecule has 0 saturated carbocycles. The van der Waals surface area contributed by atoms with Crippen molar-refractivity contribution >= 4 is 27.8 Å². The zero-order valence-electron chi connectivity index (χ0n) is 14.3. The number of pyridine rings is 2. The Morgan fingerprint density at radius 3 is 2.50 bits per heavy atom. The Kier molecular flexibility index (Phi) is 3.94. The molecule has 4 rings (SSSR count). The number of piperidine rings is 1. The minimum Gasteiger partial charge on any atom is -0.338 e. The number of likely N-dealkylation sites (tertiary alicyclic amines) is 1. The molecule has 0 bridgehead atoms. The lowest BCUT2D eigenvalue weighted by Gasteiger charge is -2.26. The first-order valence-electron chi connectivity index (χ1n) is 8.54. The van der Waals surface area contributed by atoms with Crippen LogP contribution in [0.25, 0.3) is 21.9 Å². The van der Waals surface area contributed by atoms with Crippen LogP contribution < -0.4 is 5.43 Å². The van der Waals surface area contributed by atoms with Gasteiger partial charge < -0.3 is 9.47 Å². The Morgan fingerprint density at radius 2 is 1.77 bits per heavy atom. The van der Waals surface area contributed by atoms with Gasteiger partial charge in [-0.2, -0.15) is 0 Å². The molecule has 0 unspecified atom stereocenters. The van der Waals surface area contributed by atoms with Gasteiger partial charge in [0.2, 0.25) is 5.43 Å². The van der Waals surface area contributed by atoms with Gasteiger partial charge in [-0.05, 0) is 31.4 Å². The van der Waals surface area contributed by atoms with E-state index in [1.165, 1.54) is 12.3 Å². The molecule has 1 aliphatic heterocycles. The van der Waals surface area contributed by atoms with E-state index in [2.05, 4.69) is 4.98 Å². The van der Waals surface area contributed by atoms with Crippen LogP contribution in [0, 0.1) is 11.6 Å². The highest BCUT2D eigenvalue weighted by molar-refractivity contribution is 5.99. The van der Waals surface area contributed by atoms with Gasteiger partial charge in [0, 0.05) is 37.8 Å². The number of hydrogen-bond acceptors (Lipinski definition) is 3. The average molecular weight is 357 g/mol. The summed E-state index contributed by atoms with van der Waals surface area (Å²) >= 11 is 0. The Balaban J connectivity index is 1.92. The SMILES string of the molecule is Cn1cc(C(=O)N2CCCCC2)c(=O)c2cc3cc(F)c(F)cc3nc21. The molecule has 3 aromatic rings. The number of amides is 1. The van der Waals surface area contributed by atoms with Crippen LogP contribution in [-0.2, 0) is 7.05 Å². The number of nitrogens with zero attached hydrogens (tertiary/aromatic N) is 3. The van der Waals surface area contributed by atoms with Crippen LogP contribution in [-0.4, -0.2) is 33.4 Å². The molecule has 0 N–H and O–H groups in total. The van der Waals surface area contributed by atoms with Crippen molar-refractivity contribution in [1.82, 2.24) is 14.5 Å². The zero-order chi connectivity index (χ0) is 18.4. The van der Waals surface area contributed by atoms with E-state index in [1.807, 2.05) is 0 Å². The highest BCUT2D eigenvalue weighted by Gasteiger charge is 2.23. The smallest absolute Gasteiger partial charge is 0.259 e. The lowest BCUT2D eigenvalue weighted by molar-refractivity contribution is 0.0722. The van der Waals surface area contributed by atoms with Crippen molar-refractivity contribution in [3.05, 3.63) is 51.8 Å². The van der Waals surface area contributed by atoms with Crippen molar-refractivity contribution in [2.75, 3.05) is 13.1 Å². The van der Waals surface area contributed by atoms with Crippen LogP contribution >= 0.6 is 0 Å². The van der Waals surface area contributed by atoms with Gasteiger partial charge in [0.15, 0.2) is 11.6 Å². The summed E-state index contributed by atoms with van der Waals surface area (Å²) in [6.07, 6.45) is 4.41. The van der Waals surface area contributed by atoms with E-state index in [9.17, 15) is 18.4 Å². The lowest BCUT2D eigenvalue weighted by atomic mass is 10.1. The second-order valence-electron chi connectivity index (χ2n) is 6.65. The first kappa shape index (κ1) is 16.6. The van der Waals surface area contributed by atoms with Crippen LogP contribution in [0.1, 0.15) is 29.6 Å². The number of halogens is 2. The predicted octanol–water partition coefficient (Wildman–Crippen LogP) is 2.99. The number of carbonyl (C=O) groups is 1. The molecule has 1 amide bonds. The molecule has 1 fully saturated rings. The number of rotatable bonds is 1. The Labute approximate surface area is 147 Å². The Morgan fingerprint density at radius 1 is 1.08 bits per heavy atom. The summed E-state index contributed by atoms with van der Waals surface area (Å²) in [7, 11) is 1.67. The highest BCUT2D eigenvalue weighted by Crippen LogP contribution is 2.21. The minimum atomic E-state index is -1.00. The monoisotopic (exact) mass is 357 g/mol. The van der Waals surface area contributed by atoms with Crippen LogP contribution in [0.15, 0.2) is 29.2 Å². The van der Waals surface area contributed by atoms with Crippen molar-refractivity contribution in [2.24, 2.45) is 7.05 Å². The fourth-order valence-electron chi connectivity index (χ4n) is 3.47. The fourth-order valence-corrected chi connectivity index (χ4v) is 3.47. The molecular formula is C19H17F2N3O2. The molecule has 1 aliphatic rings. The molecule has 2 aromatic heterocycles. The normalized spacial score (nSPS) is 15.0. The van der Waals surface area contributed by atoms with Gasteiger partial charge in [-0.15, -0.1) is 0 Å². The molecule has 3 heterocycles. The topological polar surface area (TPSA) is 55.2 Å². The van der Waals surface area contributed by atoms with Crippen molar-refractivity contribution in [3.8, 4) is 0 Å². The largest absolute Gasteiger partial charge is 0.338 e. The quantitative estimate of drug-likeness (QED) is 0.629. The summed E-state index contributed by atoms with van der Waals surface area (Å²) in [5, 5.41) is 0.532. The standard InChI is InChI=1S/C19H17F2N3O2/c1-23-10-13(19(26)24-5-3-2-4-6-24)17(25)12-7-11-8-14(20)15(21)9-16(11)22-18(12)23/h7-10H,2-6H2,1H3. The third kappa shape index (κ3) is 2.64. The number of benzene rings is 1. The fraction of sp³-hybridized carbons (Fsp3) is 0.316. The summed E-state index contributed by atoms with van der Waals surface area (Å²) in [6, 6.07) is 3.48. The van der Waals surface area contributed by atoms with Crippen LogP contribution in [0.4, 0.5) is 8.78 Å². The Bertz CT molecular complexity index is 1100. The number of aromatic nitrogens is 2. The highest BCUT2D eigenvalue weighted by atomic mass is 19.2. The minimum absolute atomic E-state index is 0.0747. The van der Waals surface area contributed by atoms with Gasteiger partial charge in [-0.1, -0.05) is 0 Å². The van der Waals surface area contributed by atoms with Crippen LogP contribution in [0.5, 0.6) is 0 Å². The maximum atomic E-state index is 13.5. The molecule has 0 spiro atoms. The van der Waals surface area contributed by atoms with E-state index in [1.54, 1.807) is 16.5 Å². The van der Waals surface area contributed by atoms with E-state index in [4.69, 9.17) is 0 Å². The number of fused-ring (bicyclic) bond motifs is 2. The van der Waals surface area contributed by atoms with Gasteiger partial charge in [0.25, 0.3) is 5.91 Å². The first-order valence-corrected chi connectivity index (χ1v) is 8.54. The summed E-state index contributed by atoms with van der Waals surface area (Å²) in [4.78, 5) is 31.6. The Hall–Kier alpha value is -2.83. The zero-order valence-corrected chi connectivity index (χ0v) is 14.3. The lowest BCUT2D eigenvalue weighted by Crippen LogP contribution is -2.38. The third-order valence-corrected chi connectivity index (χ3v) is 4.86. The van der Waals surface area contributed by atoms with Crippen molar-refractivity contribution in [2.45, 2.75) is 19.3 Å². The molecule has 1 saturated heterocycles. The van der Waals surface area contributed by atoms with Gasteiger partial charge in [0.1, 0.15) is 11.2 Å². The summed E-state index contributed by atoms with van der Waals surface area (Å²) in [5.74, 6) is -2.29. The molecular weight excluding hydrogens is 340 g/mol. The molecule has 0 aliphatic carbocycles. The molecule has 134 valence electrons. The first-order chi connectivity index (χ1) is 12.5. The average Bonchev–Trinajstić information content (AvgIpc) is 2.65.